The first-order valence-electron chi connectivity index (χ1n) is 5.13. The summed E-state index contributed by atoms with van der Waals surface area (Å²) in [5.41, 5.74) is 4.92. The van der Waals surface area contributed by atoms with Crippen LogP contribution in [0.4, 0.5) is 0 Å². The molecule has 0 unspecified atom stereocenters. The predicted molar refractivity (Wildman–Crippen MR) is 53.7 cm³/mol. The molecular formula is C10H17N3O. The largest absolute Gasteiger partial charge is 0.389 e. The first-order valence-corrected chi connectivity index (χ1v) is 5.13. The lowest BCUT2D eigenvalue weighted by atomic mass is 9.82. The summed E-state index contributed by atoms with van der Waals surface area (Å²) in [4.78, 5) is 4.03. The van der Waals surface area contributed by atoms with Crippen molar-refractivity contribution in [3.05, 3.63) is 18.7 Å². The topological polar surface area (TPSA) is 64.1 Å². The molecule has 1 aliphatic rings. The highest BCUT2D eigenvalue weighted by molar-refractivity contribution is 4.90. The van der Waals surface area contributed by atoms with Gasteiger partial charge in [-0.25, -0.2) is 4.98 Å². The van der Waals surface area contributed by atoms with E-state index in [1.807, 2.05) is 12.5 Å². The van der Waals surface area contributed by atoms with Crippen LogP contribution in [0.5, 0.6) is 0 Å². The van der Waals surface area contributed by atoms with E-state index in [2.05, 4.69) is 9.55 Å². The average Bonchev–Trinajstić information content (AvgIpc) is 2.72. The van der Waals surface area contributed by atoms with Gasteiger partial charge in [-0.3, -0.25) is 0 Å². The third kappa shape index (κ3) is 1.81. The van der Waals surface area contributed by atoms with Gasteiger partial charge in [-0.15, -0.1) is 0 Å². The third-order valence-electron chi connectivity index (χ3n) is 3.21. The quantitative estimate of drug-likeness (QED) is 0.729. The molecule has 1 aromatic heterocycles. The number of hydrogen-bond acceptors (Lipinski definition) is 3. The van der Waals surface area contributed by atoms with Crippen molar-refractivity contribution < 1.29 is 5.11 Å². The fraction of sp³-hybridized carbons (Fsp3) is 0.700. The molecule has 0 spiro atoms. The van der Waals surface area contributed by atoms with E-state index in [0.29, 0.717) is 12.6 Å². The summed E-state index contributed by atoms with van der Waals surface area (Å²) >= 11 is 0. The molecule has 0 aliphatic heterocycles. The van der Waals surface area contributed by atoms with Crippen molar-refractivity contribution in [1.29, 1.82) is 0 Å². The van der Waals surface area contributed by atoms with Crippen LogP contribution in [-0.2, 0) is 0 Å². The molecule has 0 saturated heterocycles. The molecular weight excluding hydrogens is 178 g/mol. The molecule has 1 aromatic rings. The highest BCUT2D eigenvalue weighted by Gasteiger charge is 2.32. The monoisotopic (exact) mass is 195 g/mol. The fourth-order valence-electron chi connectivity index (χ4n) is 2.13. The minimum absolute atomic E-state index is 0.379. The van der Waals surface area contributed by atoms with E-state index in [0.717, 1.165) is 25.7 Å². The molecule has 4 nitrogen and oxygen atoms in total. The van der Waals surface area contributed by atoms with E-state index >= 15 is 0 Å². The van der Waals surface area contributed by atoms with Gasteiger partial charge in [0.15, 0.2) is 0 Å². The Bertz CT molecular complexity index is 276. The van der Waals surface area contributed by atoms with Gasteiger partial charge in [-0.1, -0.05) is 0 Å². The molecule has 0 radical (unpaired) electrons. The molecule has 78 valence electrons. The molecule has 1 heterocycles. The fourth-order valence-corrected chi connectivity index (χ4v) is 2.13. The van der Waals surface area contributed by atoms with Gasteiger partial charge < -0.3 is 15.4 Å². The molecule has 1 fully saturated rings. The van der Waals surface area contributed by atoms with Crippen LogP contribution in [0.1, 0.15) is 31.7 Å². The first-order chi connectivity index (χ1) is 6.73. The summed E-state index contributed by atoms with van der Waals surface area (Å²) < 4.78 is 2.12. The minimum Gasteiger partial charge on any atom is -0.389 e. The Kier molecular flexibility index (Phi) is 2.56. The maximum atomic E-state index is 9.95. The van der Waals surface area contributed by atoms with Crippen molar-refractivity contribution in [3.8, 4) is 0 Å². The maximum Gasteiger partial charge on any atom is 0.0948 e. The number of imidazole rings is 1. The normalized spacial score (nSPS) is 33.1. The zero-order valence-corrected chi connectivity index (χ0v) is 8.26. The van der Waals surface area contributed by atoms with Gasteiger partial charge in [0, 0.05) is 25.0 Å². The Labute approximate surface area is 83.8 Å². The Morgan fingerprint density at radius 1 is 1.50 bits per heavy atom. The smallest absolute Gasteiger partial charge is 0.0948 e. The van der Waals surface area contributed by atoms with Crippen molar-refractivity contribution in [2.45, 2.75) is 37.3 Å². The highest BCUT2D eigenvalue weighted by atomic mass is 16.3. The summed E-state index contributed by atoms with van der Waals surface area (Å²) in [6.45, 7) is 0.379. The van der Waals surface area contributed by atoms with Crippen LogP contribution in [0.15, 0.2) is 18.7 Å². The van der Waals surface area contributed by atoms with Gasteiger partial charge >= 0.3 is 0 Å². The third-order valence-corrected chi connectivity index (χ3v) is 3.21. The number of nitrogens with two attached hydrogens (primary N) is 1. The molecule has 0 aromatic carbocycles. The highest BCUT2D eigenvalue weighted by Crippen LogP contribution is 2.33. The van der Waals surface area contributed by atoms with Crippen LogP contribution in [0.3, 0.4) is 0 Å². The molecule has 4 heteroatoms. The summed E-state index contributed by atoms with van der Waals surface area (Å²) in [6.07, 6.45) is 9.20. The van der Waals surface area contributed by atoms with Crippen molar-refractivity contribution in [2.24, 2.45) is 5.73 Å². The zero-order valence-electron chi connectivity index (χ0n) is 8.26. The number of rotatable bonds is 2. The van der Waals surface area contributed by atoms with E-state index < -0.39 is 5.60 Å². The van der Waals surface area contributed by atoms with E-state index in [9.17, 15) is 5.11 Å². The van der Waals surface area contributed by atoms with E-state index in [4.69, 9.17) is 5.73 Å². The zero-order chi connectivity index (χ0) is 10.0. The average molecular weight is 195 g/mol. The van der Waals surface area contributed by atoms with Gasteiger partial charge in [0.05, 0.1) is 11.9 Å². The van der Waals surface area contributed by atoms with Gasteiger partial charge in [-0.05, 0) is 25.7 Å². The second kappa shape index (κ2) is 3.71. The molecule has 14 heavy (non-hydrogen) atoms. The second-order valence-corrected chi connectivity index (χ2v) is 4.17. The number of aliphatic hydroxyl groups is 1. The van der Waals surface area contributed by atoms with Gasteiger partial charge in [0.1, 0.15) is 0 Å². The van der Waals surface area contributed by atoms with E-state index in [1.54, 1.807) is 6.20 Å². The van der Waals surface area contributed by atoms with Crippen LogP contribution >= 0.6 is 0 Å². The van der Waals surface area contributed by atoms with Crippen LogP contribution in [0.25, 0.3) is 0 Å². The van der Waals surface area contributed by atoms with Crippen molar-refractivity contribution in [2.75, 3.05) is 6.54 Å². The van der Waals surface area contributed by atoms with Gasteiger partial charge in [-0.2, -0.15) is 0 Å². The van der Waals surface area contributed by atoms with Crippen molar-refractivity contribution in [3.63, 3.8) is 0 Å². The van der Waals surface area contributed by atoms with Crippen LogP contribution in [0, 0.1) is 0 Å². The summed E-state index contributed by atoms with van der Waals surface area (Å²) in [6, 6.07) is 0.490. The Balaban J connectivity index is 1.97. The lowest BCUT2D eigenvalue weighted by Crippen LogP contribution is -2.41. The van der Waals surface area contributed by atoms with E-state index in [1.165, 1.54) is 0 Å². The van der Waals surface area contributed by atoms with E-state index in [-0.39, 0.29) is 0 Å². The number of aromatic nitrogens is 2. The first kappa shape index (κ1) is 9.68. The lowest BCUT2D eigenvalue weighted by Gasteiger charge is -2.35. The molecule has 1 saturated carbocycles. The Hall–Kier alpha value is -0.870. The van der Waals surface area contributed by atoms with Gasteiger partial charge in [0.25, 0.3) is 0 Å². The summed E-state index contributed by atoms with van der Waals surface area (Å²) in [5, 5.41) is 9.95. The second-order valence-electron chi connectivity index (χ2n) is 4.17. The molecule has 0 atom stereocenters. The van der Waals surface area contributed by atoms with Gasteiger partial charge in [0.2, 0.25) is 0 Å². The minimum atomic E-state index is -0.614. The van der Waals surface area contributed by atoms with Crippen LogP contribution < -0.4 is 5.73 Å². The summed E-state index contributed by atoms with van der Waals surface area (Å²) in [5.74, 6) is 0. The molecule has 1 aliphatic carbocycles. The standard InChI is InChI=1S/C10H17N3O/c11-7-10(14)3-1-9(2-4-10)13-6-5-12-8-13/h5-6,8-9,14H,1-4,7,11H2. The van der Waals surface area contributed by atoms with Crippen LogP contribution in [0.2, 0.25) is 0 Å². The SMILES string of the molecule is NCC1(O)CCC(n2ccnc2)CC1. The Morgan fingerprint density at radius 3 is 2.71 bits per heavy atom. The Morgan fingerprint density at radius 2 is 2.21 bits per heavy atom. The van der Waals surface area contributed by atoms with Crippen LogP contribution in [-0.4, -0.2) is 26.8 Å². The molecule has 3 N–H and O–H groups in total. The maximum absolute atomic E-state index is 9.95. The molecule has 0 bridgehead atoms. The number of hydrogen-bond donors (Lipinski definition) is 2. The van der Waals surface area contributed by atoms with Crippen molar-refractivity contribution >= 4 is 0 Å². The predicted octanol–water partition coefficient (Wildman–Crippen LogP) is 0.688. The van der Waals surface area contributed by atoms with Crippen molar-refractivity contribution in [1.82, 2.24) is 9.55 Å². The lowest BCUT2D eigenvalue weighted by molar-refractivity contribution is 0.000839. The number of nitrogens with zero attached hydrogens (tertiary/aromatic N) is 2. The molecule has 0 amide bonds. The molecule has 2 rings (SSSR count). The summed E-state index contributed by atoms with van der Waals surface area (Å²) in [7, 11) is 0.